The van der Waals surface area contributed by atoms with E-state index in [1.807, 2.05) is 0 Å². The molecule has 2 nitrogen and oxygen atoms in total. The van der Waals surface area contributed by atoms with E-state index in [0.717, 1.165) is 22.7 Å². The lowest BCUT2D eigenvalue weighted by atomic mass is 9.60. The van der Waals surface area contributed by atoms with Gasteiger partial charge in [0.05, 0.1) is 22.1 Å². The Labute approximate surface area is 354 Å². The Hall–Kier alpha value is -7.94. The van der Waals surface area contributed by atoms with Gasteiger partial charge < -0.3 is 9.47 Å². The van der Waals surface area contributed by atoms with E-state index in [1.54, 1.807) is 0 Å². The normalized spacial score (nSPS) is 14.6. The van der Waals surface area contributed by atoms with Crippen LogP contribution < -0.4 is 4.90 Å². The van der Waals surface area contributed by atoms with Gasteiger partial charge in [-0.15, -0.1) is 0 Å². The molecule has 0 saturated carbocycles. The number of aromatic nitrogens is 1. The van der Waals surface area contributed by atoms with Gasteiger partial charge in [-0.25, -0.2) is 0 Å². The van der Waals surface area contributed by atoms with E-state index in [0.29, 0.717) is 0 Å². The van der Waals surface area contributed by atoms with Crippen LogP contribution in [0.1, 0.15) is 22.3 Å². The first kappa shape index (κ1) is 34.0. The van der Waals surface area contributed by atoms with Crippen molar-refractivity contribution < 1.29 is 0 Å². The van der Waals surface area contributed by atoms with Gasteiger partial charge in [-0.1, -0.05) is 182 Å². The maximum atomic E-state index is 2.52. The van der Waals surface area contributed by atoms with E-state index < -0.39 is 5.41 Å². The monoisotopic (exact) mass is 774 g/mol. The lowest BCUT2D eigenvalue weighted by Crippen LogP contribution is -2.32. The molecule has 1 aromatic heterocycles. The standard InChI is InChI=1S/C59H38N2/c1-4-18-39(19-5-1)44-36-34-40-20-16-28-49-46-26-11-14-31-52(46)59(57(44)56(40)49)51-30-13-10-25-45(51)47-37-35-43(38-53(47)59)60(41-21-6-2-7-22-41)55-33-17-29-50-48-27-12-15-32-54(48)61(58(50)55)42-23-8-3-9-24-42/h1-38H. The fourth-order valence-electron chi connectivity index (χ4n) is 11.0. The van der Waals surface area contributed by atoms with Gasteiger partial charge in [-0.3, -0.25) is 0 Å². The number of nitrogens with zero attached hydrogens (tertiary/aromatic N) is 2. The first-order chi connectivity index (χ1) is 30.3. The molecular weight excluding hydrogens is 737 g/mol. The summed E-state index contributed by atoms with van der Waals surface area (Å²) in [4.78, 5) is 2.49. The average molecular weight is 775 g/mol. The summed E-state index contributed by atoms with van der Waals surface area (Å²) < 4.78 is 2.45. The molecule has 0 radical (unpaired) electrons. The molecule has 284 valence electrons. The van der Waals surface area contributed by atoms with Crippen LogP contribution in [0.3, 0.4) is 0 Å². The highest BCUT2D eigenvalue weighted by Crippen LogP contribution is 2.64. The van der Waals surface area contributed by atoms with Crippen LogP contribution in [0.15, 0.2) is 231 Å². The number of para-hydroxylation sites is 4. The van der Waals surface area contributed by atoms with Crippen molar-refractivity contribution in [2.75, 3.05) is 4.90 Å². The molecule has 2 aliphatic carbocycles. The zero-order chi connectivity index (χ0) is 40.1. The lowest BCUT2D eigenvalue weighted by Gasteiger charge is -2.41. The van der Waals surface area contributed by atoms with E-state index in [1.165, 1.54) is 88.2 Å². The van der Waals surface area contributed by atoms with Gasteiger partial charge in [0.15, 0.2) is 0 Å². The van der Waals surface area contributed by atoms with Crippen LogP contribution in [0.5, 0.6) is 0 Å². The van der Waals surface area contributed by atoms with Gasteiger partial charge in [-0.2, -0.15) is 0 Å². The quantitative estimate of drug-likeness (QED) is 0.169. The molecule has 0 N–H and O–H groups in total. The summed E-state index contributed by atoms with van der Waals surface area (Å²) in [6, 6.07) is 85.5. The first-order valence-corrected chi connectivity index (χ1v) is 21.2. The van der Waals surface area contributed by atoms with Gasteiger partial charge >= 0.3 is 0 Å². The molecular formula is C59H38N2. The summed E-state index contributed by atoms with van der Waals surface area (Å²) in [5, 5.41) is 5.04. The van der Waals surface area contributed by atoms with E-state index in [-0.39, 0.29) is 0 Å². The predicted octanol–water partition coefficient (Wildman–Crippen LogP) is 15.4. The molecule has 0 bridgehead atoms. The summed E-state index contributed by atoms with van der Waals surface area (Å²) >= 11 is 0. The molecule has 1 spiro atoms. The maximum Gasteiger partial charge on any atom is 0.0782 e. The number of hydrogen-bond donors (Lipinski definition) is 0. The predicted molar refractivity (Wildman–Crippen MR) is 255 cm³/mol. The summed E-state index contributed by atoms with van der Waals surface area (Å²) in [6.07, 6.45) is 0. The van der Waals surface area contributed by atoms with Gasteiger partial charge in [0.1, 0.15) is 0 Å². The highest BCUT2D eigenvalue weighted by molar-refractivity contribution is 6.15. The lowest BCUT2D eigenvalue weighted by molar-refractivity contribution is 0.775. The number of anilines is 3. The Morgan fingerprint density at radius 2 is 0.967 bits per heavy atom. The molecule has 0 fully saturated rings. The van der Waals surface area contributed by atoms with Gasteiger partial charge in [0.2, 0.25) is 0 Å². The average Bonchev–Trinajstić information content (AvgIpc) is 3.82. The summed E-state index contributed by atoms with van der Waals surface area (Å²) in [5.41, 5.74) is 19.1. The number of hydrogen-bond acceptors (Lipinski definition) is 1. The van der Waals surface area contributed by atoms with Crippen molar-refractivity contribution in [1.82, 2.24) is 4.57 Å². The van der Waals surface area contributed by atoms with Crippen LogP contribution in [-0.4, -0.2) is 4.57 Å². The molecule has 1 unspecified atom stereocenters. The topological polar surface area (TPSA) is 8.17 Å². The van der Waals surface area contributed by atoms with Gasteiger partial charge in [0, 0.05) is 27.8 Å². The molecule has 11 aromatic rings. The third-order valence-electron chi connectivity index (χ3n) is 13.4. The van der Waals surface area contributed by atoms with Crippen molar-refractivity contribution in [2.24, 2.45) is 0 Å². The summed E-state index contributed by atoms with van der Waals surface area (Å²) in [7, 11) is 0. The van der Waals surface area contributed by atoms with Crippen LogP contribution >= 0.6 is 0 Å². The van der Waals surface area contributed by atoms with Crippen LogP contribution in [0.4, 0.5) is 17.1 Å². The Kier molecular flexibility index (Phi) is 7.26. The van der Waals surface area contributed by atoms with Crippen LogP contribution in [-0.2, 0) is 5.41 Å². The summed E-state index contributed by atoms with van der Waals surface area (Å²) in [6.45, 7) is 0. The van der Waals surface area contributed by atoms with E-state index >= 15 is 0 Å². The molecule has 0 amide bonds. The fourth-order valence-corrected chi connectivity index (χ4v) is 11.0. The number of fused-ring (bicyclic) bond motifs is 12. The number of rotatable bonds is 5. The Morgan fingerprint density at radius 3 is 1.75 bits per heavy atom. The molecule has 13 rings (SSSR count). The van der Waals surface area contributed by atoms with Crippen molar-refractivity contribution in [1.29, 1.82) is 0 Å². The highest BCUT2D eigenvalue weighted by Gasteiger charge is 2.51. The minimum atomic E-state index is -0.606. The zero-order valence-electron chi connectivity index (χ0n) is 33.3. The smallest absolute Gasteiger partial charge is 0.0782 e. The zero-order valence-corrected chi connectivity index (χ0v) is 33.3. The highest BCUT2D eigenvalue weighted by atomic mass is 15.2. The molecule has 61 heavy (non-hydrogen) atoms. The van der Waals surface area contributed by atoms with E-state index in [2.05, 4.69) is 240 Å². The second-order valence-electron chi connectivity index (χ2n) is 16.4. The van der Waals surface area contributed by atoms with Gasteiger partial charge in [0.25, 0.3) is 0 Å². The molecule has 2 aliphatic rings. The molecule has 2 heteroatoms. The van der Waals surface area contributed by atoms with Crippen molar-refractivity contribution in [3.8, 4) is 39.1 Å². The Balaban J connectivity index is 1.17. The minimum Gasteiger partial charge on any atom is -0.308 e. The molecule has 1 heterocycles. The second kappa shape index (κ2) is 13.0. The third-order valence-corrected chi connectivity index (χ3v) is 13.4. The Bertz CT molecular complexity index is 3530. The van der Waals surface area contributed by atoms with Crippen molar-refractivity contribution in [3.63, 3.8) is 0 Å². The van der Waals surface area contributed by atoms with Crippen molar-refractivity contribution >= 4 is 49.6 Å². The second-order valence-corrected chi connectivity index (χ2v) is 16.4. The van der Waals surface area contributed by atoms with Gasteiger partial charge in [-0.05, 0) is 115 Å². The van der Waals surface area contributed by atoms with Crippen LogP contribution in [0.2, 0.25) is 0 Å². The number of benzene rings is 10. The summed E-state index contributed by atoms with van der Waals surface area (Å²) in [5.74, 6) is 0. The van der Waals surface area contributed by atoms with Crippen LogP contribution in [0, 0.1) is 0 Å². The Morgan fingerprint density at radius 1 is 0.377 bits per heavy atom. The van der Waals surface area contributed by atoms with E-state index in [4.69, 9.17) is 0 Å². The molecule has 0 aliphatic heterocycles. The van der Waals surface area contributed by atoms with Crippen molar-refractivity contribution in [3.05, 3.63) is 253 Å². The SMILES string of the molecule is c1ccc(-c2ccc3cccc4c3c2C2(c3ccccc3-c3ccc(N(c5ccccc5)c5cccc6c7ccccc7n(-c7ccccc7)c56)cc32)c2ccccc2-4)cc1. The molecule has 10 aromatic carbocycles. The molecule has 0 saturated heterocycles. The fraction of sp³-hybridized carbons (Fsp3) is 0.0169. The van der Waals surface area contributed by atoms with E-state index in [9.17, 15) is 0 Å². The van der Waals surface area contributed by atoms with Crippen LogP contribution in [0.25, 0.3) is 71.6 Å². The minimum absolute atomic E-state index is 0.606. The van der Waals surface area contributed by atoms with Crippen molar-refractivity contribution in [2.45, 2.75) is 5.41 Å². The third kappa shape index (κ3) is 4.67. The largest absolute Gasteiger partial charge is 0.308 e. The molecule has 1 atom stereocenters. The first-order valence-electron chi connectivity index (χ1n) is 21.2. The maximum absolute atomic E-state index is 2.52.